The van der Waals surface area contributed by atoms with Gasteiger partial charge in [0.05, 0.1) is 10.1 Å². The first-order valence-electron chi connectivity index (χ1n) is 5.43. The lowest BCUT2D eigenvalue weighted by Gasteiger charge is -2.40. The van der Waals surface area contributed by atoms with Gasteiger partial charge in [0.25, 0.3) is 0 Å². The smallest absolute Gasteiger partial charge is 0.302 e. The zero-order valence-electron chi connectivity index (χ0n) is 10.4. The Morgan fingerprint density at radius 2 is 1.74 bits per heavy atom. The highest BCUT2D eigenvalue weighted by Crippen LogP contribution is 2.70. The van der Waals surface area contributed by atoms with Gasteiger partial charge >= 0.3 is 5.97 Å². The molecule has 4 nitrogen and oxygen atoms in total. The van der Waals surface area contributed by atoms with E-state index >= 15 is 0 Å². The number of hydrogen-bond acceptors (Lipinski definition) is 4. The van der Waals surface area contributed by atoms with Crippen molar-refractivity contribution in [1.82, 2.24) is 0 Å². The fourth-order valence-electron chi connectivity index (χ4n) is 2.91. The molecule has 0 saturated heterocycles. The van der Waals surface area contributed by atoms with Gasteiger partial charge < -0.3 is 14.2 Å². The maximum absolute atomic E-state index is 11.2. The Kier molecular flexibility index (Phi) is 3.84. The molecule has 2 bridgehead atoms. The van der Waals surface area contributed by atoms with Crippen LogP contribution >= 0.6 is 46.4 Å². The number of rotatable bonds is 3. The topological polar surface area (TPSA) is 44.8 Å². The van der Waals surface area contributed by atoms with Gasteiger partial charge in [-0.25, -0.2) is 0 Å². The predicted octanol–water partition coefficient (Wildman–Crippen LogP) is 2.97. The molecule has 2 aliphatic rings. The van der Waals surface area contributed by atoms with Crippen molar-refractivity contribution in [3.8, 4) is 0 Å². The highest BCUT2D eigenvalue weighted by molar-refractivity contribution is 6.52. The van der Waals surface area contributed by atoms with E-state index in [1.807, 2.05) is 0 Å². The van der Waals surface area contributed by atoms with Crippen LogP contribution in [0.25, 0.3) is 0 Å². The van der Waals surface area contributed by atoms with Gasteiger partial charge in [-0.3, -0.25) is 4.79 Å². The Labute approximate surface area is 130 Å². The molecule has 0 aromatic heterocycles. The molecule has 0 heterocycles. The van der Waals surface area contributed by atoms with Crippen LogP contribution in [0.2, 0.25) is 0 Å². The molecule has 19 heavy (non-hydrogen) atoms. The van der Waals surface area contributed by atoms with Crippen LogP contribution in [0.5, 0.6) is 0 Å². The lowest BCUT2D eigenvalue weighted by molar-refractivity contribution is -0.222. The van der Waals surface area contributed by atoms with Crippen molar-refractivity contribution >= 4 is 52.4 Å². The molecule has 0 aromatic rings. The zero-order chi connectivity index (χ0) is 14.6. The van der Waals surface area contributed by atoms with Crippen LogP contribution in [0.15, 0.2) is 10.1 Å². The molecule has 8 heteroatoms. The molecule has 3 atom stereocenters. The van der Waals surface area contributed by atoms with E-state index in [-0.39, 0.29) is 16.5 Å². The quantitative estimate of drug-likeness (QED) is 0.446. The van der Waals surface area contributed by atoms with Crippen LogP contribution in [0.1, 0.15) is 13.3 Å². The van der Waals surface area contributed by atoms with Crippen LogP contribution in [0.4, 0.5) is 0 Å². The summed E-state index contributed by atoms with van der Waals surface area (Å²) < 4.78 is 16.0. The van der Waals surface area contributed by atoms with Gasteiger partial charge in [0.2, 0.25) is 5.79 Å². The van der Waals surface area contributed by atoms with E-state index in [0.29, 0.717) is 0 Å². The molecular formula is C11H12Cl4O4. The number of alkyl halides is 2. The SMILES string of the molecule is COC1(OC)[C@@]2(Cl)C[C@@H](OC(C)=O)[C@]1(Cl)C(Cl)=C2Cl. The average Bonchev–Trinajstić information content (AvgIpc) is 2.60. The molecule has 0 radical (unpaired) electrons. The summed E-state index contributed by atoms with van der Waals surface area (Å²) in [5, 5.41) is 0.227. The van der Waals surface area contributed by atoms with Crippen LogP contribution < -0.4 is 0 Å². The van der Waals surface area contributed by atoms with E-state index in [2.05, 4.69) is 0 Å². The van der Waals surface area contributed by atoms with Crippen molar-refractivity contribution in [3.05, 3.63) is 10.1 Å². The zero-order valence-corrected chi connectivity index (χ0v) is 13.5. The molecule has 1 fully saturated rings. The molecule has 0 aromatic carbocycles. The number of esters is 1. The van der Waals surface area contributed by atoms with Crippen molar-refractivity contribution in [2.45, 2.75) is 35.0 Å². The van der Waals surface area contributed by atoms with Crippen LogP contribution in [-0.4, -0.2) is 41.8 Å². The normalized spacial score (nSPS) is 39.8. The van der Waals surface area contributed by atoms with Gasteiger partial charge in [-0.2, -0.15) is 0 Å². The summed E-state index contributed by atoms with van der Waals surface area (Å²) in [6, 6.07) is 0. The van der Waals surface area contributed by atoms with Crippen LogP contribution in [0.3, 0.4) is 0 Å². The van der Waals surface area contributed by atoms with E-state index in [0.717, 1.165) is 0 Å². The summed E-state index contributed by atoms with van der Waals surface area (Å²) in [6.07, 6.45) is -0.645. The minimum absolute atomic E-state index is 0.0760. The molecule has 2 rings (SSSR count). The third kappa shape index (κ3) is 1.59. The molecule has 108 valence electrons. The Hall–Kier alpha value is 0.290. The Bertz CT molecular complexity index is 462. The minimum atomic E-state index is -1.50. The third-order valence-electron chi connectivity index (χ3n) is 3.65. The molecule has 0 aliphatic heterocycles. The second kappa shape index (κ2) is 4.65. The third-order valence-corrected chi connectivity index (χ3v) is 6.22. The Balaban J connectivity index is 2.61. The molecule has 0 N–H and O–H groups in total. The lowest BCUT2D eigenvalue weighted by Crippen LogP contribution is -2.58. The molecular weight excluding hydrogens is 338 g/mol. The van der Waals surface area contributed by atoms with E-state index in [1.165, 1.54) is 21.1 Å². The first-order valence-corrected chi connectivity index (χ1v) is 6.94. The summed E-state index contributed by atoms with van der Waals surface area (Å²) in [4.78, 5) is 8.44. The van der Waals surface area contributed by atoms with Gasteiger partial charge in [0, 0.05) is 27.6 Å². The van der Waals surface area contributed by atoms with Crippen molar-refractivity contribution in [1.29, 1.82) is 0 Å². The molecule has 0 spiro atoms. The largest absolute Gasteiger partial charge is 0.460 e. The van der Waals surface area contributed by atoms with E-state index in [9.17, 15) is 4.79 Å². The number of ether oxygens (including phenoxy) is 3. The Morgan fingerprint density at radius 1 is 1.21 bits per heavy atom. The summed E-state index contributed by atoms with van der Waals surface area (Å²) >= 11 is 25.5. The number of halogens is 4. The number of hydrogen-bond donors (Lipinski definition) is 0. The first-order chi connectivity index (χ1) is 8.71. The van der Waals surface area contributed by atoms with Crippen LogP contribution in [-0.2, 0) is 19.0 Å². The number of methoxy groups -OCH3 is 2. The average molecular weight is 350 g/mol. The second-order valence-corrected chi connectivity index (χ2v) is 6.47. The highest BCUT2D eigenvalue weighted by atomic mass is 35.5. The number of carbonyl (C=O) groups is 1. The van der Waals surface area contributed by atoms with Crippen molar-refractivity contribution < 1.29 is 19.0 Å². The fourth-order valence-corrected chi connectivity index (χ4v) is 4.88. The lowest BCUT2D eigenvalue weighted by atomic mass is 10.0. The fraction of sp³-hybridized carbons (Fsp3) is 0.727. The summed E-state index contributed by atoms with van der Waals surface area (Å²) in [5.74, 6) is -2.00. The summed E-state index contributed by atoms with van der Waals surface area (Å²) in [6.45, 7) is 1.27. The number of fused-ring (bicyclic) bond motifs is 2. The molecule has 1 saturated carbocycles. The summed E-state index contributed by atoms with van der Waals surface area (Å²) in [5.41, 5.74) is 0. The maximum Gasteiger partial charge on any atom is 0.302 e. The monoisotopic (exact) mass is 348 g/mol. The van der Waals surface area contributed by atoms with E-state index in [1.54, 1.807) is 0 Å². The maximum atomic E-state index is 11.2. The van der Waals surface area contributed by atoms with Gasteiger partial charge in [0.1, 0.15) is 11.0 Å². The van der Waals surface area contributed by atoms with Crippen molar-refractivity contribution in [2.24, 2.45) is 0 Å². The second-order valence-electron chi connectivity index (χ2n) is 4.47. The molecule has 2 aliphatic carbocycles. The van der Waals surface area contributed by atoms with Gasteiger partial charge in [-0.15, -0.1) is 23.2 Å². The van der Waals surface area contributed by atoms with Crippen molar-refractivity contribution in [2.75, 3.05) is 14.2 Å². The summed E-state index contributed by atoms with van der Waals surface area (Å²) in [7, 11) is 2.77. The molecule has 0 amide bonds. The van der Waals surface area contributed by atoms with Gasteiger partial charge in [0.15, 0.2) is 4.87 Å². The molecule has 0 unspecified atom stereocenters. The minimum Gasteiger partial charge on any atom is -0.460 e. The standard InChI is InChI=1S/C11H12Cl4O4/c1-5(16)19-6-4-9(14)7(12)8(13)10(6,15)11(9,17-2)18-3/h6H,4H2,1-3H3/t6-,9-,10+/m1/s1. The van der Waals surface area contributed by atoms with Gasteiger partial charge in [-0.05, 0) is 0 Å². The first kappa shape index (κ1) is 15.7. The Morgan fingerprint density at radius 3 is 2.11 bits per heavy atom. The van der Waals surface area contributed by atoms with Gasteiger partial charge in [-0.1, -0.05) is 23.2 Å². The number of carbonyl (C=O) groups excluding carboxylic acids is 1. The van der Waals surface area contributed by atoms with Crippen LogP contribution in [0, 0.1) is 0 Å². The predicted molar refractivity (Wildman–Crippen MR) is 72.8 cm³/mol. The van der Waals surface area contributed by atoms with Crippen molar-refractivity contribution in [3.63, 3.8) is 0 Å². The van der Waals surface area contributed by atoms with E-state index < -0.39 is 27.6 Å². The van der Waals surface area contributed by atoms with E-state index in [4.69, 9.17) is 60.6 Å². The highest BCUT2D eigenvalue weighted by Gasteiger charge is 2.82.